The second kappa shape index (κ2) is 14.8. The molecule has 14 heteroatoms. The Labute approximate surface area is 271 Å². The first-order chi connectivity index (χ1) is 22.7. The van der Waals surface area contributed by atoms with Crippen LogP contribution in [0.3, 0.4) is 0 Å². The van der Waals surface area contributed by atoms with Crippen molar-refractivity contribution < 1.29 is 37.7 Å². The second-order valence-corrected chi connectivity index (χ2v) is 11.2. The predicted octanol–water partition coefficient (Wildman–Crippen LogP) is 5.75. The molecule has 5 rings (SSSR count). The Bertz CT molecular complexity index is 1880. The van der Waals surface area contributed by atoms with Crippen molar-refractivity contribution in [2.75, 3.05) is 13.4 Å². The summed E-state index contributed by atoms with van der Waals surface area (Å²) in [5.74, 6) is -3.07. The van der Waals surface area contributed by atoms with Gasteiger partial charge in [-0.25, -0.2) is 28.2 Å². The molecule has 0 aliphatic heterocycles. The summed E-state index contributed by atoms with van der Waals surface area (Å²) in [5, 5.41) is 24.6. The van der Waals surface area contributed by atoms with Crippen LogP contribution in [0.25, 0.3) is 11.3 Å². The van der Waals surface area contributed by atoms with Crippen molar-refractivity contribution >= 4 is 23.3 Å². The molecule has 2 atom stereocenters. The monoisotopic (exact) mass is 659 g/mol. The van der Waals surface area contributed by atoms with Gasteiger partial charge in [0.15, 0.2) is 18.2 Å². The number of nitrogens with zero attached hydrogens (tertiary/aromatic N) is 5. The lowest BCUT2D eigenvalue weighted by atomic mass is 9.81. The van der Waals surface area contributed by atoms with Gasteiger partial charge < -0.3 is 19.3 Å². The molecule has 2 heterocycles. The van der Waals surface area contributed by atoms with Crippen molar-refractivity contribution in [3.05, 3.63) is 124 Å². The highest BCUT2D eigenvalue weighted by atomic mass is 32.1. The first-order valence-electron chi connectivity index (χ1n) is 14.1. The third kappa shape index (κ3) is 7.72. The van der Waals surface area contributed by atoms with Crippen LogP contribution in [-0.2, 0) is 33.0 Å². The minimum Gasteiger partial charge on any atom is -0.420 e. The minimum atomic E-state index is -1.90. The first-order valence-corrected chi connectivity index (χ1v) is 15.0. The highest BCUT2D eigenvalue weighted by Gasteiger charge is 2.47. The van der Waals surface area contributed by atoms with E-state index in [1.165, 1.54) is 46.9 Å². The quantitative estimate of drug-likeness (QED) is 0.0716. The van der Waals surface area contributed by atoms with Gasteiger partial charge in [0, 0.05) is 28.1 Å². The van der Waals surface area contributed by atoms with Crippen LogP contribution in [-0.4, -0.2) is 50.2 Å². The second-order valence-electron chi connectivity index (χ2n) is 10.3. The number of hydrogen-bond acceptors (Lipinski definition) is 11. The molecule has 0 fully saturated rings. The van der Waals surface area contributed by atoms with Crippen LogP contribution in [0, 0.1) is 23.0 Å². The number of aromatic nitrogens is 4. The minimum absolute atomic E-state index is 0.166. The van der Waals surface area contributed by atoms with Crippen LogP contribution in [0.15, 0.2) is 84.8 Å². The molecular formula is C33H27F2N5O6S. The molecule has 1 unspecified atom stereocenters. The molecule has 3 aromatic carbocycles. The molecule has 0 aliphatic rings. The van der Waals surface area contributed by atoms with Crippen LogP contribution >= 0.6 is 11.3 Å². The highest BCUT2D eigenvalue weighted by Crippen LogP contribution is 2.45. The van der Waals surface area contributed by atoms with E-state index in [0.29, 0.717) is 33.5 Å². The van der Waals surface area contributed by atoms with E-state index in [1.807, 2.05) is 0 Å². The fourth-order valence-corrected chi connectivity index (χ4v) is 5.80. The van der Waals surface area contributed by atoms with Crippen molar-refractivity contribution in [1.82, 2.24) is 19.7 Å². The van der Waals surface area contributed by atoms with Crippen molar-refractivity contribution in [3.8, 4) is 17.3 Å². The maximum absolute atomic E-state index is 15.6. The lowest BCUT2D eigenvalue weighted by molar-refractivity contribution is -0.0956. The molecule has 0 amide bonds. The van der Waals surface area contributed by atoms with Gasteiger partial charge in [0.2, 0.25) is 0 Å². The summed E-state index contributed by atoms with van der Waals surface area (Å²) in [6.45, 7) is 0.155. The average molecular weight is 660 g/mol. The Morgan fingerprint density at radius 1 is 1.11 bits per heavy atom. The fraction of sp³-hybridized carbons (Fsp3) is 0.212. The summed E-state index contributed by atoms with van der Waals surface area (Å²) in [6, 6.07) is 18.0. The molecule has 5 aromatic rings. The fourth-order valence-electron chi connectivity index (χ4n) is 4.83. The summed E-state index contributed by atoms with van der Waals surface area (Å²) in [4.78, 5) is 34.4. The van der Waals surface area contributed by atoms with E-state index in [4.69, 9.17) is 24.5 Å². The molecule has 47 heavy (non-hydrogen) atoms. The van der Waals surface area contributed by atoms with Gasteiger partial charge in [-0.05, 0) is 29.8 Å². The van der Waals surface area contributed by atoms with Gasteiger partial charge in [-0.15, -0.1) is 11.3 Å². The summed E-state index contributed by atoms with van der Waals surface area (Å²) < 4.78 is 47.4. The Morgan fingerprint density at radius 2 is 1.87 bits per heavy atom. The van der Waals surface area contributed by atoms with Crippen LogP contribution in [0.1, 0.15) is 44.9 Å². The van der Waals surface area contributed by atoms with Crippen LogP contribution in [0.5, 0.6) is 0 Å². The zero-order valence-electron chi connectivity index (χ0n) is 24.9. The Balaban J connectivity index is 1.41. The van der Waals surface area contributed by atoms with Crippen molar-refractivity contribution in [2.24, 2.45) is 0 Å². The zero-order valence-corrected chi connectivity index (χ0v) is 25.7. The zero-order chi connectivity index (χ0) is 33.4. The van der Waals surface area contributed by atoms with Crippen molar-refractivity contribution in [1.29, 1.82) is 5.26 Å². The summed E-state index contributed by atoms with van der Waals surface area (Å²) in [7, 11) is 0. The Kier molecular flexibility index (Phi) is 10.4. The third-order valence-electron chi connectivity index (χ3n) is 7.37. The molecule has 0 bridgehead atoms. The highest BCUT2D eigenvalue weighted by molar-refractivity contribution is 7.10. The number of hydrogen-bond donors (Lipinski definition) is 1. The van der Waals surface area contributed by atoms with E-state index in [-0.39, 0.29) is 18.7 Å². The first kappa shape index (κ1) is 33.0. The Hall–Kier alpha value is -5.36. The third-order valence-corrected chi connectivity index (χ3v) is 8.40. The molecule has 0 spiro atoms. The molecule has 1 N–H and O–H groups in total. The van der Waals surface area contributed by atoms with E-state index in [2.05, 4.69) is 16.2 Å². The number of aliphatic hydroxyl groups excluding tert-OH is 1. The topological polar surface area (TPSA) is 149 Å². The van der Waals surface area contributed by atoms with Crippen molar-refractivity contribution in [2.45, 2.75) is 31.6 Å². The van der Waals surface area contributed by atoms with E-state index in [9.17, 15) is 19.1 Å². The van der Waals surface area contributed by atoms with Gasteiger partial charge >= 0.3 is 6.16 Å². The maximum atomic E-state index is 15.6. The number of Topliss-reactive ketones (excluding diaryl/α,β-unsaturated/α-hetero) is 1. The van der Waals surface area contributed by atoms with Gasteiger partial charge in [0.1, 0.15) is 35.9 Å². The van der Waals surface area contributed by atoms with E-state index < -0.39 is 48.5 Å². The number of nitriles is 1. The maximum Gasteiger partial charge on any atom is 0.511 e. The number of rotatable bonds is 13. The van der Waals surface area contributed by atoms with Crippen LogP contribution in [0.2, 0.25) is 0 Å². The summed E-state index contributed by atoms with van der Waals surface area (Å²) >= 11 is 1.23. The molecule has 0 aliphatic carbocycles. The number of benzene rings is 3. The van der Waals surface area contributed by atoms with E-state index in [0.717, 1.165) is 11.6 Å². The number of ether oxygens (including phenoxy) is 3. The standard InChI is InChI=1S/C33H27F2N5O6S/c1-21(31-39-29(16-47-31)24-6-2-22(13-36)3-7-24)33(17-40-19-37-18-38-40,27-11-10-26(34)12-28(27)35)46-32(43)45-20-44-15-30(42)25-8-4-23(14-41)5-9-25/h2-12,16,18-19,21,41H,14-15,17,20H2,1H3/t21-,33?/m0/s1. The number of thiazole rings is 1. The molecule has 0 saturated heterocycles. The average Bonchev–Trinajstić information content (AvgIpc) is 3.79. The SMILES string of the molecule is C[C@@H](c1nc(-c2ccc(C#N)cc2)cs1)C(Cn1cncn1)(OC(=O)OCOCC(=O)c1ccc(CO)cc1)c1ccc(F)cc1F. The Morgan fingerprint density at radius 3 is 2.53 bits per heavy atom. The summed E-state index contributed by atoms with van der Waals surface area (Å²) in [5.41, 5.74) is 0.683. The lowest BCUT2D eigenvalue weighted by Gasteiger charge is -2.37. The largest absolute Gasteiger partial charge is 0.511 e. The molecular weight excluding hydrogens is 632 g/mol. The van der Waals surface area contributed by atoms with Crippen molar-refractivity contribution in [3.63, 3.8) is 0 Å². The van der Waals surface area contributed by atoms with E-state index in [1.54, 1.807) is 48.7 Å². The molecule has 11 nitrogen and oxygen atoms in total. The summed E-state index contributed by atoms with van der Waals surface area (Å²) in [6.07, 6.45) is 1.34. The number of carbonyl (C=O) groups excluding carboxylic acids is 2. The smallest absolute Gasteiger partial charge is 0.420 e. The van der Waals surface area contributed by atoms with Gasteiger partial charge in [0.25, 0.3) is 0 Å². The predicted molar refractivity (Wildman–Crippen MR) is 164 cm³/mol. The molecule has 2 aromatic heterocycles. The number of aliphatic hydroxyl groups is 1. The number of carbonyl (C=O) groups is 2. The molecule has 0 saturated carbocycles. The van der Waals surface area contributed by atoms with Crippen LogP contribution in [0.4, 0.5) is 13.6 Å². The normalized spacial score (nSPS) is 12.9. The molecule has 0 radical (unpaired) electrons. The molecule has 240 valence electrons. The van der Waals surface area contributed by atoms with Crippen LogP contribution < -0.4 is 0 Å². The van der Waals surface area contributed by atoms with Gasteiger partial charge in [0.05, 0.1) is 36.4 Å². The van der Waals surface area contributed by atoms with Gasteiger partial charge in [-0.3, -0.25) is 4.79 Å². The number of halogens is 2. The number of ketones is 1. The lowest BCUT2D eigenvalue weighted by Crippen LogP contribution is -2.43. The van der Waals surface area contributed by atoms with Gasteiger partial charge in [-0.2, -0.15) is 10.4 Å². The van der Waals surface area contributed by atoms with E-state index >= 15 is 4.39 Å². The van der Waals surface area contributed by atoms with Gasteiger partial charge in [-0.1, -0.05) is 43.3 Å².